The van der Waals surface area contributed by atoms with Crippen LogP contribution in [0.4, 0.5) is 15.8 Å². The lowest BCUT2D eigenvalue weighted by molar-refractivity contribution is -0.116. The van der Waals surface area contributed by atoms with Crippen LogP contribution in [-0.2, 0) is 9.53 Å². The number of rotatable bonds is 4. The first-order valence-electron chi connectivity index (χ1n) is 7.97. The zero-order chi connectivity index (χ0) is 18.5. The van der Waals surface area contributed by atoms with Gasteiger partial charge < -0.3 is 15.4 Å². The summed E-state index contributed by atoms with van der Waals surface area (Å²) in [5, 5.41) is 6.98. The standard InChI is InChI=1S/C19H17FN2O3S/c1-12-6-7-13(10-15(12)20)21-18(23)14-4-2-3-5-16(14)22-19(24)17-11-26-9-8-25-17/h2-7,10-11H,8-9H2,1H3,(H,21,23)(H,22,24). The third-order valence-corrected chi connectivity index (χ3v) is 4.51. The second kappa shape index (κ2) is 8.05. The van der Waals surface area contributed by atoms with E-state index in [0.717, 1.165) is 5.75 Å². The van der Waals surface area contributed by atoms with Gasteiger partial charge in [0.1, 0.15) is 5.82 Å². The molecule has 0 saturated carbocycles. The number of hydrogen-bond donors (Lipinski definition) is 2. The summed E-state index contributed by atoms with van der Waals surface area (Å²) < 4.78 is 19.0. The summed E-state index contributed by atoms with van der Waals surface area (Å²) in [6.07, 6.45) is 0. The van der Waals surface area contributed by atoms with Crippen molar-refractivity contribution in [1.29, 1.82) is 0 Å². The van der Waals surface area contributed by atoms with Crippen molar-refractivity contribution < 1.29 is 18.7 Å². The lowest BCUT2D eigenvalue weighted by Crippen LogP contribution is -2.21. The van der Waals surface area contributed by atoms with Crippen LogP contribution >= 0.6 is 11.8 Å². The van der Waals surface area contributed by atoms with Gasteiger partial charge in [-0.05, 0) is 36.8 Å². The summed E-state index contributed by atoms with van der Waals surface area (Å²) in [7, 11) is 0. The second-order valence-corrected chi connectivity index (χ2v) is 6.60. The van der Waals surface area contributed by atoms with Gasteiger partial charge in [-0.1, -0.05) is 18.2 Å². The number of hydrogen-bond acceptors (Lipinski definition) is 4. The smallest absolute Gasteiger partial charge is 0.291 e. The Bertz CT molecular complexity index is 883. The molecule has 3 rings (SSSR count). The molecule has 134 valence electrons. The quantitative estimate of drug-likeness (QED) is 0.853. The van der Waals surface area contributed by atoms with Crippen LogP contribution in [0.1, 0.15) is 15.9 Å². The normalized spacial score (nSPS) is 13.4. The van der Waals surface area contributed by atoms with E-state index in [2.05, 4.69) is 10.6 Å². The SMILES string of the molecule is Cc1ccc(NC(=O)c2ccccc2NC(=O)C2=CSCCO2)cc1F. The first-order chi connectivity index (χ1) is 12.5. The van der Waals surface area contributed by atoms with Crippen molar-refractivity contribution in [3.63, 3.8) is 0 Å². The molecule has 0 radical (unpaired) electrons. The molecule has 5 nitrogen and oxygen atoms in total. The molecule has 7 heteroatoms. The van der Waals surface area contributed by atoms with E-state index < -0.39 is 17.6 Å². The Morgan fingerprint density at radius 1 is 1.12 bits per heavy atom. The summed E-state index contributed by atoms with van der Waals surface area (Å²) in [5.74, 6) is -0.251. The topological polar surface area (TPSA) is 67.4 Å². The highest BCUT2D eigenvalue weighted by Crippen LogP contribution is 2.21. The number of anilines is 2. The predicted molar refractivity (Wildman–Crippen MR) is 101 cm³/mol. The Balaban J connectivity index is 1.77. The van der Waals surface area contributed by atoms with E-state index in [-0.39, 0.29) is 11.3 Å². The van der Waals surface area contributed by atoms with Gasteiger partial charge in [0.2, 0.25) is 0 Å². The summed E-state index contributed by atoms with van der Waals surface area (Å²) in [5.41, 5.74) is 1.46. The first kappa shape index (κ1) is 18.0. The lowest BCUT2D eigenvalue weighted by Gasteiger charge is -2.15. The average molecular weight is 372 g/mol. The molecule has 0 saturated heterocycles. The number of nitrogens with one attached hydrogen (secondary N) is 2. The number of amides is 2. The Morgan fingerprint density at radius 3 is 2.65 bits per heavy atom. The largest absolute Gasteiger partial charge is 0.487 e. The van der Waals surface area contributed by atoms with Gasteiger partial charge in [0, 0.05) is 16.8 Å². The molecule has 1 aliphatic heterocycles. The average Bonchev–Trinajstić information content (AvgIpc) is 2.66. The van der Waals surface area contributed by atoms with Crippen LogP contribution in [0.3, 0.4) is 0 Å². The number of carbonyl (C=O) groups is 2. The minimum absolute atomic E-state index is 0.220. The van der Waals surface area contributed by atoms with Gasteiger partial charge in [-0.15, -0.1) is 11.8 Å². The van der Waals surface area contributed by atoms with Crippen molar-refractivity contribution in [1.82, 2.24) is 0 Å². The highest BCUT2D eigenvalue weighted by atomic mass is 32.2. The van der Waals surface area contributed by atoms with Gasteiger partial charge in [-0.3, -0.25) is 9.59 Å². The van der Waals surface area contributed by atoms with Crippen LogP contribution in [0, 0.1) is 12.7 Å². The van der Waals surface area contributed by atoms with E-state index in [0.29, 0.717) is 23.5 Å². The third kappa shape index (κ3) is 4.23. The number of carbonyl (C=O) groups excluding carboxylic acids is 2. The third-order valence-electron chi connectivity index (χ3n) is 3.72. The summed E-state index contributed by atoms with van der Waals surface area (Å²) >= 11 is 1.49. The molecule has 0 unspecified atom stereocenters. The zero-order valence-corrected chi connectivity index (χ0v) is 14.9. The van der Waals surface area contributed by atoms with E-state index in [9.17, 15) is 14.0 Å². The van der Waals surface area contributed by atoms with Gasteiger partial charge in [0.25, 0.3) is 11.8 Å². The van der Waals surface area contributed by atoms with Crippen molar-refractivity contribution in [3.8, 4) is 0 Å². The van der Waals surface area contributed by atoms with Crippen LogP contribution in [0.5, 0.6) is 0 Å². The lowest BCUT2D eigenvalue weighted by atomic mass is 10.1. The number of ether oxygens (including phenoxy) is 1. The molecular weight excluding hydrogens is 355 g/mol. The van der Waals surface area contributed by atoms with Crippen molar-refractivity contribution in [2.24, 2.45) is 0 Å². The second-order valence-electron chi connectivity index (χ2n) is 5.62. The molecule has 0 fully saturated rings. The molecular formula is C19H17FN2O3S. The number of benzene rings is 2. The fourth-order valence-corrected chi connectivity index (χ4v) is 2.95. The molecule has 1 heterocycles. The highest BCUT2D eigenvalue weighted by molar-refractivity contribution is 8.02. The Kier molecular flexibility index (Phi) is 5.58. The molecule has 0 spiro atoms. The Labute approximate surface area is 154 Å². The summed E-state index contributed by atoms with van der Waals surface area (Å²) in [6.45, 7) is 2.11. The van der Waals surface area contributed by atoms with E-state index in [1.807, 2.05) is 0 Å². The molecule has 0 aromatic heterocycles. The van der Waals surface area contributed by atoms with E-state index >= 15 is 0 Å². The number of thioether (sulfide) groups is 1. The number of aryl methyl sites for hydroxylation is 1. The maximum Gasteiger partial charge on any atom is 0.291 e. The van der Waals surface area contributed by atoms with Crippen LogP contribution in [0.15, 0.2) is 53.6 Å². The van der Waals surface area contributed by atoms with Gasteiger partial charge in [0.15, 0.2) is 5.76 Å². The molecule has 0 bridgehead atoms. The maximum atomic E-state index is 13.7. The van der Waals surface area contributed by atoms with Crippen molar-refractivity contribution >= 4 is 35.0 Å². The predicted octanol–water partition coefficient (Wildman–Crippen LogP) is 3.93. The minimum atomic E-state index is -0.447. The minimum Gasteiger partial charge on any atom is -0.487 e. The molecule has 0 aliphatic carbocycles. The summed E-state index contributed by atoms with van der Waals surface area (Å²) in [6, 6.07) is 11.1. The molecule has 2 aromatic rings. The Morgan fingerprint density at radius 2 is 1.92 bits per heavy atom. The fourth-order valence-electron chi connectivity index (χ4n) is 2.33. The highest BCUT2D eigenvalue weighted by Gasteiger charge is 2.18. The molecule has 2 aromatic carbocycles. The van der Waals surface area contributed by atoms with E-state index in [4.69, 9.17) is 4.74 Å². The van der Waals surface area contributed by atoms with Crippen molar-refractivity contribution in [2.45, 2.75) is 6.92 Å². The van der Waals surface area contributed by atoms with Gasteiger partial charge >= 0.3 is 0 Å². The van der Waals surface area contributed by atoms with E-state index in [1.54, 1.807) is 48.7 Å². The number of halogens is 1. The van der Waals surface area contributed by atoms with Gasteiger partial charge in [0.05, 0.1) is 17.9 Å². The summed E-state index contributed by atoms with van der Waals surface area (Å²) in [4.78, 5) is 24.8. The molecule has 1 aliphatic rings. The monoisotopic (exact) mass is 372 g/mol. The Hall–Kier alpha value is -2.80. The molecule has 0 atom stereocenters. The van der Waals surface area contributed by atoms with Crippen LogP contribution in [0.25, 0.3) is 0 Å². The molecule has 2 N–H and O–H groups in total. The van der Waals surface area contributed by atoms with Crippen molar-refractivity contribution in [2.75, 3.05) is 23.0 Å². The maximum absolute atomic E-state index is 13.7. The number of para-hydroxylation sites is 1. The van der Waals surface area contributed by atoms with Gasteiger partial charge in [-0.25, -0.2) is 4.39 Å². The van der Waals surface area contributed by atoms with Gasteiger partial charge in [-0.2, -0.15) is 0 Å². The van der Waals surface area contributed by atoms with Crippen LogP contribution in [-0.4, -0.2) is 24.2 Å². The first-order valence-corrected chi connectivity index (χ1v) is 9.02. The van der Waals surface area contributed by atoms with Crippen LogP contribution < -0.4 is 10.6 Å². The molecule has 26 heavy (non-hydrogen) atoms. The van der Waals surface area contributed by atoms with E-state index in [1.165, 1.54) is 17.8 Å². The fraction of sp³-hybridized carbons (Fsp3) is 0.158. The van der Waals surface area contributed by atoms with Crippen LogP contribution in [0.2, 0.25) is 0 Å². The molecule has 2 amide bonds. The van der Waals surface area contributed by atoms with Crippen molar-refractivity contribution in [3.05, 3.63) is 70.6 Å². The zero-order valence-electron chi connectivity index (χ0n) is 14.0.